The van der Waals surface area contributed by atoms with Gasteiger partial charge in [0.2, 0.25) is 18.2 Å². The summed E-state index contributed by atoms with van der Waals surface area (Å²) >= 11 is 0. The molecule has 2 saturated heterocycles. The summed E-state index contributed by atoms with van der Waals surface area (Å²) in [5.74, 6) is 1.36. The highest BCUT2D eigenvalue weighted by atomic mass is 17.2. The summed E-state index contributed by atoms with van der Waals surface area (Å²) < 4.78 is 4.82. The number of carbonyl (C=O) groups excluding carboxylic acids is 3. The van der Waals surface area contributed by atoms with Crippen molar-refractivity contribution >= 4 is 46.4 Å². The number of aliphatic imine (C=N–C) groups is 1. The zero-order valence-corrected chi connectivity index (χ0v) is 34.2. The second kappa shape index (κ2) is 17.8. The van der Waals surface area contributed by atoms with E-state index in [9.17, 15) is 14.4 Å². The van der Waals surface area contributed by atoms with Gasteiger partial charge in [-0.05, 0) is 84.0 Å². The molecule has 2 fully saturated rings. The highest BCUT2D eigenvalue weighted by Crippen LogP contribution is 2.36. The third-order valence-corrected chi connectivity index (χ3v) is 12.0. The number of nitrogens with zero attached hydrogens (tertiary/aromatic N) is 5. The molecule has 0 saturated carbocycles. The van der Waals surface area contributed by atoms with E-state index in [-0.39, 0.29) is 35.7 Å². The molecule has 3 N–H and O–H groups in total. The lowest BCUT2D eigenvalue weighted by molar-refractivity contribution is -0.188. The molecule has 7 rings (SSSR count). The number of aromatic amines is 2. The van der Waals surface area contributed by atoms with Gasteiger partial charge in [-0.3, -0.25) is 9.59 Å². The zero-order valence-electron chi connectivity index (χ0n) is 34.2. The van der Waals surface area contributed by atoms with Crippen LogP contribution in [0.25, 0.3) is 44.3 Å². The Balaban J connectivity index is 1.06. The summed E-state index contributed by atoms with van der Waals surface area (Å²) in [6.45, 7) is 9.29. The van der Waals surface area contributed by atoms with Gasteiger partial charge in [-0.1, -0.05) is 76.9 Å². The Bertz CT molecular complexity index is 2270. The normalized spacial score (nSPS) is 19.1. The van der Waals surface area contributed by atoms with Crippen molar-refractivity contribution in [1.29, 1.82) is 0 Å². The van der Waals surface area contributed by atoms with E-state index < -0.39 is 18.2 Å². The van der Waals surface area contributed by atoms with Gasteiger partial charge in [-0.15, -0.1) is 0 Å². The number of hydrogen-bond acceptors (Lipinski definition) is 9. The average Bonchev–Trinajstić information content (AvgIpc) is 4.08. The molecule has 5 aromatic rings. The maximum atomic E-state index is 13.8. The van der Waals surface area contributed by atoms with Gasteiger partial charge in [0.25, 0.3) is 0 Å². The number of rotatable bonds is 14. The van der Waals surface area contributed by atoms with Gasteiger partial charge in [0.15, 0.2) is 0 Å². The predicted molar refractivity (Wildman–Crippen MR) is 223 cm³/mol. The van der Waals surface area contributed by atoms with Crippen LogP contribution in [-0.4, -0.2) is 93.4 Å². The van der Waals surface area contributed by atoms with Crippen LogP contribution in [0.15, 0.2) is 65.7 Å². The van der Waals surface area contributed by atoms with Gasteiger partial charge < -0.3 is 34.7 Å². The monoisotopic (exact) mass is 790 g/mol. The Labute approximate surface area is 338 Å². The van der Waals surface area contributed by atoms with Crippen LogP contribution in [0.5, 0.6) is 0 Å². The number of fused-ring (bicyclic) bond motifs is 2. The summed E-state index contributed by atoms with van der Waals surface area (Å²) in [6, 6.07) is 19.3. The fourth-order valence-electron chi connectivity index (χ4n) is 8.24. The van der Waals surface area contributed by atoms with Crippen LogP contribution in [-0.2, 0) is 24.1 Å². The minimum Gasteiger partial charge on any atom is -0.453 e. The number of alkyl carbamates (subject to hydrolysis) is 1. The molecular weight excluding hydrogens is 737 g/mol. The van der Waals surface area contributed by atoms with Crippen LogP contribution >= 0.6 is 0 Å². The van der Waals surface area contributed by atoms with E-state index in [0.717, 1.165) is 94.5 Å². The Kier molecular flexibility index (Phi) is 12.4. The molecule has 2 aliphatic rings. The number of nitrogens with one attached hydrogen (secondary N) is 3. The number of methoxy groups -OCH3 is 1. The van der Waals surface area contributed by atoms with Crippen LogP contribution in [0, 0.1) is 11.8 Å². The number of H-pyrrole nitrogens is 2. The summed E-state index contributed by atoms with van der Waals surface area (Å²) in [6.07, 6.45) is 5.49. The zero-order chi connectivity index (χ0) is 40.9. The third kappa shape index (κ3) is 8.29. The summed E-state index contributed by atoms with van der Waals surface area (Å²) in [5, 5.41) is 2.76. The van der Waals surface area contributed by atoms with Gasteiger partial charge in [-0.2, -0.15) is 4.89 Å². The maximum absolute atomic E-state index is 13.8. The topological polar surface area (TPSA) is 167 Å². The molecule has 306 valence electrons. The van der Waals surface area contributed by atoms with E-state index >= 15 is 0 Å². The van der Waals surface area contributed by atoms with E-state index in [4.69, 9.17) is 19.6 Å². The van der Waals surface area contributed by atoms with Crippen LogP contribution in [0.2, 0.25) is 0 Å². The number of likely N-dealkylation sites (tertiary alicyclic amines) is 2. The lowest BCUT2D eigenvalue weighted by Gasteiger charge is -2.30. The highest BCUT2D eigenvalue weighted by molar-refractivity contribution is 5.88. The average molecular weight is 791 g/mol. The number of ether oxygens (including phenoxy) is 1. The quantitative estimate of drug-likeness (QED) is 0.0442. The van der Waals surface area contributed by atoms with Crippen molar-refractivity contribution in [3.05, 3.63) is 72.3 Å². The smallest absolute Gasteiger partial charge is 0.407 e. The lowest BCUT2D eigenvalue weighted by atomic mass is 9.97. The maximum Gasteiger partial charge on any atom is 0.407 e. The van der Waals surface area contributed by atoms with Crippen molar-refractivity contribution < 1.29 is 28.9 Å². The second-order valence-electron chi connectivity index (χ2n) is 15.5. The molecule has 4 heterocycles. The Morgan fingerprint density at radius 2 is 1.28 bits per heavy atom. The number of benzene rings is 3. The van der Waals surface area contributed by atoms with Gasteiger partial charge >= 0.3 is 6.09 Å². The second-order valence-corrected chi connectivity index (χ2v) is 15.5. The molecule has 2 aliphatic heterocycles. The molecule has 3 amide bonds. The van der Waals surface area contributed by atoms with Crippen LogP contribution in [0.4, 0.5) is 4.79 Å². The first-order valence-corrected chi connectivity index (χ1v) is 20.4. The van der Waals surface area contributed by atoms with Crippen molar-refractivity contribution in [2.45, 2.75) is 90.4 Å². The molecule has 14 heteroatoms. The lowest BCUT2D eigenvalue weighted by Crippen LogP contribution is -2.51. The van der Waals surface area contributed by atoms with Crippen LogP contribution in [0.3, 0.4) is 0 Å². The Morgan fingerprint density at radius 1 is 0.776 bits per heavy atom. The number of amides is 3. The number of carbonyl (C=O) groups is 3. The van der Waals surface area contributed by atoms with Crippen LogP contribution < -0.4 is 5.32 Å². The van der Waals surface area contributed by atoms with Crippen molar-refractivity contribution in [2.24, 2.45) is 16.8 Å². The molecule has 0 spiro atoms. The van der Waals surface area contributed by atoms with Crippen molar-refractivity contribution in [3.63, 3.8) is 0 Å². The predicted octanol–water partition coefficient (Wildman–Crippen LogP) is 7.89. The Morgan fingerprint density at radius 3 is 1.76 bits per heavy atom. The SMILES string of the molecule is CC[C@H](C)[C@H](/N=C/OOC)C(=O)N1CCC[C@H]1c1nc2cc(-c3ccc(-c4ccc5[nH]c([C@@H]6CCCN6C(=O)[C@@H](NC(=O)OC)[C@@H](C)CC)nc5c4)cc3)ccc2[nH]1. The van der Waals surface area contributed by atoms with Crippen molar-refractivity contribution in [2.75, 3.05) is 27.3 Å². The molecule has 3 aromatic carbocycles. The number of aromatic nitrogens is 4. The molecule has 58 heavy (non-hydrogen) atoms. The minimum absolute atomic E-state index is 0.0325. The summed E-state index contributed by atoms with van der Waals surface area (Å²) in [4.78, 5) is 74.3. The standard InChI is InChI=1S/C44H54N8O6/c1-7-26(3)38(45-25-58-57-6)42(53)51-21-9-11-36(51)40-46-32-19-17-30(23-34(32)48-40)28-13-15-29(16-14-28)31-18-20-33-35(24-31)49-41(47-33)37-12-10-22-52(37)43(54)39(27(4)8-2)50-44(55)56-5/h13-20,23-27,36-39H,7-12,21-22H2,1-6H3,(H,46,48)(H,47,49)(H,50,55)/b45-25+/t26-,27-,36-,37-,38-,39-/m0/s1. The molecule has 2 aromatic heterocycles. The van der Waals surface area contributed by atoms with Gasteiger partial charge in [-0.25, -0.2) is 19.8 Å². The van der Waals surface area contributed by atoms with E-state index in [2.05, 4.69) is 80.6 Å². The molecule has 0 aliphatic carbocycles. The van der Waals surface area contributed by atoms with Crippen molar-refractivity contribution in [3.8, 4) is 22.3 Å². The van der Waals surface area contributed by atoms with E-state index in [1.165, 1.54) is 20.6 Å². The fourth-order valence-corrected chi connectivity index (χ4v) is 8.24. The number of hydrogen-bond donors (Lipinski definition) is 3. The first-order valence-electron chi connectivity index (χ1n) is 20.4. The molecule has 0 bridgehead atoms. The summed E-state index contributed by atoms with van der Waals surface area (Å²) in [7, 11) is 2.71. The fraction of sp³-hybridized carbons (Fsp3) is 0.455. The molecule has 14 nitrogen and oxygen atoms in total. The number of imidazole rings is 2. The van der Waals surface area contributed by atoms with Gasteiger partial charge in [0.05, 0.1) is 48.4 Å². The molecule has 0 radical (unpaired) electrons. The molecular formula is C44H54N8O6. The molecule has 0 unspecified atom stereocenters. The Hall–Kier alpha value is -5.76. The van der Waals surface area contributed by atoms with Crippen molar-refractivity contribution in [1.82, 2.24) is 35.1 Å². The van der Waals surface area contributed by atoms with Gasteiger partial charge in [0, 0.05) is 13.1 Å². The molecule has 6 atom stereocenters. The van der Waals surface area contributed by atoms with E-state index in [0.29, 0.717) is 13.1 Å². The third-order valence-electron chi connectivity index (χ3n) is 12.0. The van der Waals surface area contributed by atoms with Crippen LogP contribution in [0.1, 0.15) is 90.0 Å². The first-order chi connectivity index (χ1) is 28.1. The largest absolute Gasteiger partial charge is 0.453 e. The van der Waals surface area contributed by atoms with E-state index in [1.54, 1.807) is 0 Å². The van der Waals surface area contributed by atoms with Gasteiger partial charge in [0.1, 0.15) is 23.7 Å². The highest BCUT2D eigenvalue weighted by Gasteiger charge is 2.39. The summed E-state index contributed by atoms with van der Waals surface area (Å²) in [5.41, 5.74) is 7.69. The first kappa shape index (κ1) is 40.4. The minimum atomic E-state index is -0.674. The van der Waals surface area contributed by atoms with E-state index in [1.807, 2.05) is 42.7 Å².